The van der Waals surface area contributed by atoms with E-state index in [1.807, 2.05) is 6.92 Å². The van der Waals surface area contributed by atoms with E-state index in [-0.39, 0.29) is 0 Å². The van der Waals surface area contributed by atoms with E-state index >= 15 is 0 Å². The van der Waals surface area contributed by atoms with Crippen LogP contribution in [0.1, 0.15) is 48.1 Å². The van der Waals surface area contributed by atoms with Crippen molar-refractivity contribution in [2.75, 3.05) is 6.54 Å². The maximum atomic E-state index is 5.88. The predicted octanol–water partition coefficient (Wildman–Crippen LogP) is 4.40. The Morgan fingerprint density at radius 2 is 2.14 bits per heavy atom. The Hall–Kier alpha value is -1.39. The van der Waals surface area contributed by atoms with Gasteiger partial charge in [-0.25, -0.2) is 4.98 Å². The van der Waals surface area contributed by atoms with Crippen LogP contribution in [0.3, 0.4) is 0 Å². The van der Waals surface area contributed by atoms with Gasteiger partial charge in [-0.2, -0.15) is 0 Å². The van der Waals surface area contributed by atoms with Crippen LogP contribution in [-0.2, 0) is 6.61 Å². The second-order valence-corrected chi connectivity index (χ2v) is 6.31. The van der Waals surface area contributed by atoms with Crippen LogP contribution in [0.4, 0.5) is 0 Å². The van der Waals surface area contributed by atoms with Crippen LogP contribution in [0, 0.1) is 13.8 Å². The third-order valence-electron chi connectivity index (χ3n) is 3.42. The van der Waals surface area contributed by atoms with Gasteiger partial charge >= 0.3 is 0 Å². The molecular formula is C17H24N2OS. The van der Waals surface area contributed by atoms with Crippen molar-refractivity contribution in [1.29, 1.82) is 0 Å². The number of benzene rings is 1. The summed E-state index contributed by atoms with van der Waals surface area (Å²) in [5.41, 5.74) is 3.53. The van der Waals surface area contributed by atoms with Gasteiger partial charge in [0.25, 0.3) is 0 Å². The molecule has 0 aliphatic rings. The highest BCUT2D eigenvalue weighted by atomic mass is 32.1. The lowest BCUT2D eigenvalue weighted by molar-refractivity contribution is 0.303. The van der Waals surface area contributed by atoms with Crippen molar-refractivity contribution in [2.24, 2.45) is 0 Å². The summed E-state index contributed by atoms with van der Waals surface area (Å²) in [6.45, 7) is 10.1. The molecule has 0 spiro atoms. The number of hydrogen-bond donors (Lipinski definition) is 1. The molecule has 1 aromatic carbocycles. The molecule has 0 aliphatic heterocycles. The third kappa shape index (κ3) is 4.55. The van der Waals surface area contributed by atoms with Gasteiger partial charge in [0, 0.05) is 17.1 Å². The predicted molar refractivity (Wildman–Crippen MR) is 89.1 cm³/mol. The molecule has 0 saturated carbocycles. The Bertz CT molecular complexity index is 580. The van der Waals surface area contributed by atoms with E-state index in [0.29, 0.717) is 12.6 Å². The fraction of sp³-hybridized carbons (Fsp3) is 0.471. The van der Waals surface area contributed by atoms with Gasteiger partial charge in [0.2, 0.25) is 0 Å². The lowest BCUT2D eigenvalue weighted by Crippen LogP contribution is -2.19. The summed E-state index contributed by atoms with van der Waals surface area (Å²) in [6, 6.07) is 6.78. The monoisotopic (exact) mass is 304 g/mol. The molecule has 0 saturated heterocycles. The Balaban J connectivity index is 1.98. The summed E-state index contributed by atoms with van der Waals surface area (Å²) in [5, 5.41) is 6.58. The second-order valence-electron chi connectivity index (χ2n) is 5.37. The topological polar surface area (TPSA) is 34.1 Å². The highest BCUT2D eigenvalue weighted by Crippen LogP contribution is 2.24. The third-order valence-corrected chi connectivity index (χ3v) is 4.36. The number of thiazole rings is 1. The molecule has 0 fully saturated rings. The van der Waals surface area contributed by atoms with Gasteiger partial charge in [-0.1, -0.05) is 19.1 Å². The van der Waals surface area contributed by atoms with E-state index in [9.17, 15) is 0 Å². The first kappa shape index (κ1) is 16.0. The molecule has 0 amide bonds. The first-order chi connectivity index (χ1) is 10.1. The number of hydrogen-bond acceptors (Lipinski definition) is 4. The van der Waals surface area contributed by atoms with E-state index in [1.165, 1.54) is 11.1 Å². The molecule has 1 atom stereocenters. The molecule has 4 heteroatoms. The van der Waals surface area contributed by atoms with E-state index in [2.05, 4.69) is 54.7 Å². The number of rotatable bonds is 7. The molecule has 2 aromatic rings. The quantitative estimate of drug-likeness (QED) is 0.823. The molecule has 0 bridgehead atoms. The van der Waals surface area contributed by atoms with E-state index in [1.54, 1.807) is 11.3 Å². The van der Waals surface area contributed by atoms with Crippen molar-refractivity contribution in [3.05, 3.63) is 45.4 Å². The zero-order valence-electron chi connectivity index (χ0n) is 13.3. The van der Waals surface area contributed by atoms with Gasteiger partial charge in [0.05, 0.1) is 0 Å². The highest BCUT2D eigenvalue weighted by Gasteiger charge is 2.08. The van der Waals surface area contributed by atoms with Gasteiger partial charge in [-0.05, 0) is 50.9 Å². The summed E-state index contributed by atoms with van der Waals surface area (Å²) in [6.07, 6.45) is 1.15. The number of aromatic nitrogens is 1. The first-order valence-electron chi connectivity index (χ1n) is 7.48. The zero-order valence-corrected chi connectivity index (χ0v) is 14.1. The zero-order chi connectivity index (χ0) is 15.2. The Morgan fingerprint density at radius 1 is 1.33 bits per heavy atom. The van der Waals surface area contributed by atoms with E-state index in [4.69, 9.17) is 4.74 Å². The Labute approximate surface area is 131 Å². The summed E-state index contributed by atoms with van der Waals surface area (Å²) < 4.78 is 5.88. The molecule has 114 valence electrons. The van der Waals surface area contributed by atoms with Gasteiger partial charge < -0.3 is 10.1 Å². The molecule has 0 radical (unpaired) electrons. The molecule has 0 aliphatic carbocycles. The van der Waals surface area contributed by atoms with Crippen LogP contribution in [0.15, 0.2) is 23.6 Å². The summed E-state index contributed by atoms with van der Waals surface area (Å²) >= 11 is 1.65. The maximum absolute atomic E-state index is 5.88. The van der Waals surface area contributed by atoms with Crippen molar-refractivity contribution in [3.63, 3.8) is 0 Å². The standard InChI is InChI=1S/C17H24N2OS/c1-5-8-18-14(4)15-6-7-16(12(2)9-15)20-10-17-19-13(3)11-21-17/h6-7,9,11,14,18H,5,8,10H2,1-4H3. The fourth-order valence-corrected chi connectivity index (χ4v) is 2.87. The van der Waals surface area contributed by atoms with Crippen LogP contribution in [-0.4, -0.2) is 11.5 Å². The Kier molecular flexibility index (Phi) is 5.76. The van der Waals surface area contributed by atoms with Gasteiger partial charge in [-0.15, -0.1) is 11.3 Å². The average Bonchev–Trinajstić information content (AvgIpc) is 2.89. The van der Waals surface area contributed by atoms with Gasteiger partial charge in [-0.3, -0.25) is 0 Å². The summed E-state index contributed by atoms with van der Waals surface area (Å²) in [5.74, 6) is 0.939. The molecule has 21 heavy (non-hydrogen) atoms. The second kappa shape index (κ2) is 7.57. The van der Waals surface area contributed by atoms with Gasteiger partial charge in [0.15, 0.2) is 0 Å². The van der Waals surface area contributed by atoms with Crippen molar-refractivity contribution in [2.45, 2.75) is 46.8 Å². The number of nitrogens with zero attached hydrogens (tertiary/aromatic N) is 1. The Morgan fingerprint density at radius 3 is 2.76 bits per heavy atom. The smallest absolute Gasteiger partial charge is 0.140 e. The minimum atomic E-state index is 0.374. The highest BCUT2D eigenvalue weighted by molar-refractivity contribution is 7.09. The SMILES string of the molecule is CCCNC(C)c1ccc(OCc2nc(C)cs2)c(C)c1. The largest absolute Gasteiger partial charge is 0.486 e. The lowest BCUT2D eigenvalue weighted by Gasteiger charge is -2.16. The molecule has 3 nitrogen and oxygen atoms in total. The average molecular weight is 304 g/mol. The van der Waals surface area contributed by atoms with Crippen molar-refractivity contribution >= 4 is 11.3 Å². The number of aryl methyl sites for hydroxylation is 2. The molecule has 1 heterocycles. The lowest BCUT2D eigenvalue weighted by atomic mass is 10.0. The minimum absolute atomic E-state index is 0.374. The molecule has 1 aromatic heterocycles. The number of nitrogens with one attached hydrogen (secondary N) is 1. The molecular weight excluding hydrogens is 280 g/mol. The van der Waals surface area contributed by atoms with Crippen LogP contribution < -0.4 is 10.1 Å². The first-order valence-corrected chi connectivity index (χ1v) is 8.36. The summed E-state index contributed by atoms with van der Waals surface area (Å²) in [4.78, 5) is 4.42. The van der Waals surface area contributed by atoms with Crippen LogP contribution in [0.25, 0.3) is 0 Å². The summed E-state index contributed by atoms with van der Waals surface area (Å²) in [7, 11) is 0. The number of ether oxygens (including phenoxy) is 1. The van der Waals surface area contributed by atoms with Crippen LogP contribution in [0.5, 0.6) is 5.75 Å². The fourth-order valence-electron chi connectivity index (χ4n) is 2.19. The van der Waals surface area contributed by atoms with Crippen molar-refractivity contribution in [1.82, 2.24) is 10.3 Å². The molecule has 2 rings (SSSR count). The van der Waals surface area contributed by atoms with E-state index < -0.39 is 0 Å². The maximum Gasteiger partial charge on any atom is 0.140 e. The van der Waals surface area contributed by atoms with Crippen molar-refractivity contribution in [3.8, 4) is 5.75 Å². The molecule has 1 unspecified atom stereocenters. The van der Waals surface area contributed by atoms with E-state index in [0.717, 1.165) is 29.4 Å². The van der Waals surface area contributed by atoms with Gasteiger partial charge in [0.1, 0.15) is 17.4 Å². The van der Waals surface area contributed by atoms with Crippen LogP contribution in [0.2, 0.25) is 0 Å². The minimum Gasteiger partial charge on any atom is -0.486 e. The van der Waals surface area contributed by atoms with Crippen molar-refractivity contribution < 1.29 is 4.74 Å². The normalized spacial score (nSPS) is 12.4. The van der Waals surface area contributed by atoms with Crippen LogP contribution >= 0.6 is 11.3 Å². The molecule has 1 N–H and O–H groups in total.